The van der Waals surface area contributed by atoms with E-state index in [-0.39, 0.29) is 17.7 Å². The van der Waals surface area contributed by atoms with Crippen LogP contribution in [-0.2, 0) is 6.18 Å². The van der Waals surface area contributed by atoms with Crippen LogP contribution in [0.3, 0.4) is 0 Å². The van der Waals surface area contributed by atoms with Gasteiger partial charge in [0.1, 0.15) is 5.69 Å². The molecule has 2 amide bonds. The number of thiazole rings is 1. The third-order valence-electron chi connectivity index (χ3n) is 5.85. The number of likely N-dealkylation sites (tertiary alicyclic amines) is 1. The molecule has 1 aromatic heterocycles. The molecule has 2 heterocycles. The maximum atomic E-state index is 13.3. The van der Waals surface area contributed by atoms with Gasteiger partial charge in [-0.3, -0.25) is 9.59 Å². The first-order chi connectivity index (χ1) is 16.3. The summed E-state index contributed by atoms with van der Waals surface area (Å²) < 4.78 is 38.7. The Balaban J connectivity index is 1.46. The molecule has 0 saturated carbocycles. The molecular weight excluding hydrogens is 463 g/mol. The molecule has 0 spiro atoms. The molecular formula is C25H23F3N3O2S. The first kappa shape index (κ1) is 23.9. The highest BCUT2D eigenvalue weighted by molar-refractivity contribution is 7.09. The van der Waals surface area contributed by atoms with E-state index in [0.29, 0.717) is 42.0 Å². The van der Waals surface area contributed by atoms with E-state index in [1.54, 1.807) is 34.5 Å². The molecule has 0 bridgehead atoms. The molecule has 177 valence electrons. The smallest absolute Gasteiger partial charge is 0.351 e. The second-order valence-electron chi connectivity index (χ2n) is 8.01. The summed E-state index contributed by atoms with van der Waals surface area (Å²) in [4.78, 5) is 31.5. The molecule has 1 radical (unpaired) electrons. The van der Waals surface area contributed by atoms with Gasteiger partial charge < -0.3 is 10.2 Å². The summed E-state index contributed by atoms with van der Waals surface area (Å²) in [6, 6.07) is 11.8. The van der Waals surface area contributed by atoms with Crippen LogP contribution in [0.1, 0.15) is 50.2 Å². The number of hydrogen-bond acceptors (Lipinski definition) is 4. The van der Waals surface area contributed by atoms with Gasteiger partial charge in [-0.1, -0.05) is 30.3 Å². The molecule has 3 aromatic rings. The maximum absolute atomic E-state index is 13.3. The summed E-state index contributed by atoms with van der Waals surface area (Å²) in [6.07, 6.45) is -2.97. The van der Waals surface area contributed by atoms with E-state index in [2.05, 4.69) is 17.2 Å². The quantitative estimate of drug-likeness (QED) is 0.524. The lowest BCUT2D eigenvalue weighted by atomic mass is 9.94. The van der Waals surface area contributed by atoms with Crippen LogP contribution in [0.2, 0.25) is 0 Å². The summed E-state index contributed by atoms with van der Waals surface area (Å²) in [5.41, 5.74) is 1.28. The molecule has 1 aliphatic rings. The third kappa shape index (κ3) is 5.14. The monoisotopic (exact) mass is 486 g/mol. The van der Waals surface area contributed by atoms with Gasteiger partial charge in [0.15, 0.2) is 0 Å². The van der Waals surface area contributed by atoms with Crippen LogP contribution in [-0.4, -0.2) is 41.3 Å². The summed E-state index contributed by atoms with van der Waals surface area (Å²) >= 11 is 1.44. The molecule has 5 nitrogen and oxygen atoms in total. The number of halogens is 3. The van der Waals surface area contributed by atoms with Crippen molar-refractivity contribution in [2.24, 2.45) is 0 Å². The number of benzene rings is 2. The topological polar surface area (TPSA) is 62.3 Å². The number of carbonyl (C=O) groups excluding carboxylic acids is 2. The number of piperidine rings is 1. The van der Waals surface area contributed by atoms with Gasteiger partial charge in [0.2, 0.25) is 0 Å². The van der Waals surface area contributed by atoms with E-state index < -0.39 is 11.7 Å². The maximum Gasteiger partial charge on any atom is 0.416 e. The van der Waals surface area contributed by atoms with E-state index in [9.17, 15) is 22.8 Å². The fraction of sp³-hybridized carbons (Fsp3) is 0.280. The van der Waals surface area contributed by atoms with Crippen LogP contribution >= 0.6 is 11.3 Å². The molecule has 2 aromatic carbocycles. The van der Waals surface area contributed by atoms with Crippen molar-refractivity contribution < 1.29 is 22.8 Å². The zero-order valence-corrected chi connectivity index (χ0v) is 19.1. The minimum atomic E-state index is -4.41. The molecule has 1 N–H and O–H groups in total. The predicted molar refractivity (Wildman–Crippen MR) is 125 cm³/mol. The Kier molecular flexibility index (Phi) is 7.02. The number of nitrogens with one attached hydrogen (secondary N) is 1. The number of aromatic nitrogens is 1. The van der Waals surface area contributed by atoms with Crippen molar-refractivity contribution in [1.82, 2.24) is 15.2 Å². The van der Waals surface area contributed by atoms with E-state index in [1.165, 1.54) is 23.5 Å². The highest BCUT2D eigenvalue weighted by Crippen LogP contribution is 2.34. The van der Waals surface area contributed by atoms with Crippen molar-refractivity contribution in [3.8, 4) is 11.1 Å². The molecule has 0 unspecified atom stereocenters. The Morgan fingerprint density at radius 2 is 1.76 bits per heavy atom. The summed E-state index contributed by atoms with van der Waals surface area (Å²) in [7, 11) is 0. The van der Waals surface area contributed by atoms with Gasteiger partial charge in [0, 0.05) is 36.5 Å². The fourth-order valence-electron chi connectivity index (χ4n) is 4.04. The summed E-state index contributed by atoms with van der Waals surface area (Å²) in [5.74, 6) is -0.228. The van der Waals surface area contributed by atoms with Gasteiger partial charge in [-0.2, -0.15) is 13.2 Å². The van der Waals surface area contributed by atoms with Crippen molar-refractivity contribution in [3.05, 3.63) is 82.7 Å². The van der Waals surface area contributed by atoms with Gasteiger partial charge in [0.25, 0.3) is 11.8 Å². The number of alkyl halides is 3. The van der Waals surface area contributed by atoms with E-state index in [4.69, 9.17) is 0 Å². The first-order valence-corrected chi connectivity index (χ1v) is 11.7. The van der Waals surface area contributed by atoms with Gasteiger partial charge in [-0.25, -0.2) is 4.98 Å². The zero-order chi connectivity index (χ0) is 24.3. The largest absolute Gasteiger partial charge is 0.416 e. The SMILES string of the molecule is [CH2]CNC(=O)c1csc(C2CCN(C(=O)c3ccccc3-c3ccc(C(F)(F)F)cc3)CC2)n1. The Morgan fingerprint density at radius 1 is 1.09 bits per heavy atom. The number of carbonyl (C=O) groups is 2. The second kappa shape index (κ2) is 9.97. The molecule has 0 aliphatic carbocycles. The number of rotatable bonds is 5. The summed E-state index contributed by atoms with van der Waals surface area (Å²) in [6.45, 7) is 4.95. The van der Waals surface area contributed by atoms with Gasteiger partial charge in [0.05, 0.1) is 10.6 Å². The van der Waals surface area contributed by atoms with E-state index in [1.807, 2.05) is 0 Å². The number of hydrogen-bond donors (Lipinski definition) is 1. The highest BCUT2D eigenvalue weighted by Gasteiger charge is 2.31. The number of amides is 2. The zero-order valence-electron chi connectivity index (χ0n) is 18.3. The minimum Gasteiger partial charge on any atom is -0.351 e. The average Bonchev–Trinajstić information content (AvgIpc) is 3.34. The molecule has 1 saturated heterocycles. The molecule has 1 fully saturated rings. The first-order valence-electron chi connectivity index (χ1n) is 10.9. The predicted octanol–water partition coefficient (Wildman–Crippen LogP) is 5.41. The Bertz CT molecular complexity index is 1170. The number of nitrogens with zero attached hydrogens (tertiary/aromatic N) is 2. The van der Waals surface area contributed by atoms with Crippen molar-refractivity contribution in [1.29, 1.82) is 0 Å². The lowest BCUT2D eigenvalue weighted by Crippen LogP contribution is -2.38. The van der Waals surface area contributed by atoms with Crippen LogP contribution in [0, 0.1) is 6.92 Å². The Morgan fingerprint density at radius 3 is 2.41 bits per heavy atom. The van der Waals surface area contributed by atoms with E-state index >= 15 is 0 Å². The fourth-order valence-corrected chi connectivity index (χ4v) is 5.01. The normalized spacial score (nSPS) is 14.8. The van der Waals surface area contributed by atoms with Gasteiger partial charge >= 0.3 is 6.18 Å². The van der Waals surface area contributed by atoms with Crippen molar-refractivity contribution in [2.45, 2.75) is 24.9 Å². The lowest BCUT2D eigenvalue weighted by Gasteiger charge is -2.31. The van der Waals surface area contributed by atoms with Crippen molar-refractivity contribution in [2.75, 3.05) is 19.6 Å². The van der Waals surface area contributed by atoms with Crippen LogP contribution in [0.25, 0.3) is 11.1 Å². The molecule has 4 rings (SSSR count). The standard InChI is InChI=1S/C25H23F3N3O2S/c1-2-29-22(32)21-15-34-23(30-21)17-11-13-31(14-12-17)24(33)20-6-4-3-5-19(20)16-7-9-18(10-8-16)25(26,27)28/h3-10,15,17H,1-2,11-14H2,(H,29,32). The van der Waals surface area contributed by atoms with Crippen LogP contribution in [0.5, 0.6) is 0 Å². The highest BCUT2D eigenvalue weighted by atomic mass is 32.1. The molecule has 34 heavy (non-hydrogen) atoms. The molecule has 1 aliphatic heterocycles. The Labute approximate surface area is 199 Å². The molecule has 9 heteroatoms. The van der Waals surface area contributed by atoms with Crippen molar-refractivity contribution >= 4 is 23.2 Å². The van der Waals surface area contributed by atoms with Crippen LogP contribution in [0.4, 0.5) is 13.2 Å². The Hall–Kier alpha value is -3.20. The van der Waals surface area contributed by atoms with Crippen molar-refractivity contribution in [3.63, 3.8) is 0 Å². The van der Waals surface area contributed by atoms with E-state index in [0.717, 1.165) is 30.0 Å². The minimum absolute atomic E-state index is 0.149. The van der Waals surface area contributed by atoms with Gasteiger partial charge in [-0.05, 0) is 49.1 Å². The molecule has 0 atom stereocenters. The van der Waals surface area contributed by atoms with Crippen LogP contribution < -0.4 is 5.32 Å². The summed E-state index contributed by atoms with van der Waals surface area (Å²) in [5, 5.41) is 5.25. The van der Waals surface area contributed by atoms with Gasteiger partial charge in [-0.15, -0.1) is 11.3 Å². The third-order valence-corrected chi connectivity index (χ3v) is 6.86. The lowest BCUT2D eigenvalue weighted by molar-refractivity contribution is -0.137. The second-order valence-corrected chi connectivity index (χ2v) is 8.90. The average molecular weight is 487 g/mol. The van der Waals surface area contributed by atoms with Crippen LogP contribution in [0.15, 0.2) is 53.9 Å².